The van der Waals surface area contributed by atoms with E-state index in [1.165, 1.54) is 0 Å². The molecule has 0 saturated carbocycles. The normalized spacial score (nSPS) is 11.9. The van der Waals surface area contributed by atoms with Gasteiger partial charge in [0.15, 0.2) is 0 Å². The van der Waals surface area contributed by atoms with Gasteiger partial charge in [0.1, 0.15) is 0 Å². The second kappa shape index (κ2) is 7.63. The van der Waals surface area contributed by atoms with Crippen molar-refractivity contribution < 1.29 is 4.79 Å². The zero-order valence-electron chi connectivity index (χ0n) is 11.2. The summed E-state index contributed by atoms with van der Waals surface area (Å²) in [4.78, 5) is 13.6. The number of nitrogens with one attached hydrogen (secondary N) is 1. The minimum absolute atomic E-state index is 0.00686. The molecule has 0 aromatic rings. The van der Waals surface area contributed by atoms with E-state index in [0.29, 0.717) is 13.0 Å². The van der Waals surface area contributed by atoms with Gasteiger partial charge in [-0.05, 0) is 47.3 Å². The van der Waals surface area contributed by atoms with E-state index in [4.69, 9.17) is 5.73 Å². The van der Waals surface area contributed by atoms with Crippen molar-refractivity contribution in [1.82, 2.24) is 10.2 Å². The number of amides is 1. The smallest absolute Gasteiger partial charge is 0.220 e. The molecule has 1 amide bonds. The molecular weight excluding hydrogens is 202 g/mol. The average Bonchev–Trinajstić information content (AvgIpc) is 2.21. The van der Waals surface area contributed by atoms with Crippen LogP contribution in [-0.4, -0.2) is 43.5 Å². The highest BCUT2D eigenvalue weighted by Gasteiger charge is 2.20. The minimum Gasteiger partial charge on any atom is -0.354 e. The van der Waals surface area contributed by atoms with Gasteiger partial charge in [-0.25, -0.2) is 0 Å². The Bertz CT molecular complexity index is 202. The molecule has 0 heterocycles. The Morgan fingerprint density at radius 2 is 1.88 bits per heavy atom. The molecule has 0 atom stereocenters. The summed E-state index contributed by atoms with van der Waals surface area (Å²) in [6, 6.07) is 0. The molecule has 0 radical (unpaired) electrons. The molecule has 0 aromatic carbocycles. The van der Waals surface area contributed by atoms with Gasteiger partial charge in [-0.2, -0.15) is 0 Å². The number of carbonyl (C=O) groups excluding carboxylic acids is 1. The SMILES string of the molecule is CN(C)C(C)(C)CNC(=O)CCCCCN. The van der Waals surface area contributed by atoms with Gasteiger partial charge >= 0.3 is 0 Å². The Morgan fingerprint density at radius 1 is 1.25 bits per heavy atom. The lowest BCUT2D eigenvalue weighted by molar-refractivity contribution is -0.121. The molecule has 0 bridgehead atoms. The maximum Gasteiger partial charge on any atom is 0.220 e. The first kappa shape index (κ1) is 15.4. The Balaban J connectivity index is 3.65. The Hall–Kier alpha value is -0.610. The third-order valence-electron chi connectivity index (χ3n) is 3.04. The van der Waals surface area contributed by atoms with Crippen molar-refractivity contribution in [2.45, 2.75) is 45.1 Å². The molecule has 4 nitrogen and oxygen atoms in total. The number of hydrogen-bond donors (Lipinski definition) is 2. The summed E-state index contributed by atoms with van der Waals surface area (Å²) in [5.74, 6) is 0.145. The predicted molar refractivity (Wildman–Crippen MR) is 68.3 cm³/mol. The van der Waals surface area contributed by atoms with Crippen molar-refractivity contribution in [3.05, 3.63) is 0 Å². The van der Waals surface area contributed by atoms with Gasteiger partial charge in [-0.1, -0.05) is 6.42 Å². The summed E-state index contributed by atoms with van der Waals surface area (Å²) in [7, 11) is 4.04. The predicted octanol–water partition coefficient (Wildman–Crippen LogP) is 0.962. The van der Waals surface area contributed by atoms with Gasteiger partial charge in [0.05, 0.1) is 0 Å². The first-order chi connectivity index (χ1) is 7.40. The number of hydrogen-bond acceptors (Lipinski definition) is 3. The van der Waals surface area contributed by atoms with Crippen LogP contribution in [0, 0.1) is 0 Å². The number of nitrogens with two attached hydrogens (primary N) is 1. The molecule has 0 aromatic heterocycles. The number of likely N-dealkylation sites (N-methyl/N-ethyl adjacent to an activating group) is 1. The van der Waals surface area contributed by atoms with Crippen LogP contribution < -0.4 is 11.1 Å². The molecule has 96 valence electrons. The average molecular weight is 229 g/mol. The fourth-order valence-corrected chi connectivity index (χ4v) is 1.17. The zero-order valence-corrected chi connectivity index (χ0v) is 11.2. The van der Waals surface area contributed by atoms with E-state index in [1.54, 1.807) is 0 Å². The maximum atomic E-state index is 11.5. The Morgan fingerprint density at radius 3 is 2.38 bits per heavy atom. The highest BCUT2D eigenvalue weighted by Crippen LogP contribution is 2.08. The van der Waals surface area contributed by atoms with Crippen LogP contribution in [0.2, 0.25) is 0 Å². The van der Waals surface area contributed by atoms with Crippen molar-refractivity contribution in [2.24, 2.45) is 5.73 Å². The molecule has 0 rings (SSSR count). The third-order valence-corrected chi connectivity index (χ3v) is 3.04. The lowest BCUT2D eigenvalue weighted by Gasteiger charge is -2.32. The largest absolute Gasteiger partial charge is 0.354 e. The molecule has 16 heavy (non-hydrogen) atoms. The minimum atomic E-state index is 0.00686. The van der Waals surface area contributed by atoms with Crippen LogP contribution in [0.25, 0.3) is 0 Å². The van der Waals surface area contributed by atoms with Crippen LogP contribution in [0.1, 0.15) is 39.5 Å². The topological polar surface area (TPSA) is 58.4 Å². The number of rotatable bonds is 8. The van der Waals surface area contributed by atoms with Gasteiger partial charge < -0.3 is 16.0 Å². The first-order valence-corrected chi connectivity index (χ1v) is 6.04. The number of nitrogens with zero attached hydrogens (tertiary/aromatic N) is 1. The molecule has 0 aliphatic carbocycles. The summed E-state index contributed by atoms with van der Waals surface area (Å²) in [5, 5.41) is 2.97. The van der Waals surface area contributed by atoms with Crippen molar-refractivity contribution in [2.75, 3.05) is 27.2 Å². The van der Waals surface area contributed by atoms with E-state index in [9.17, 15) is 4.79 Å². The summed E-state index contributed by atoms with van der Waals surface area (Å²) in [5.41, 5.74) is 5.40. The van der Waals surface area contributed by atoms with Gasteiger partial charge in [0.2, 0.25) is 5.91 Å². The van der Waals surface area contributed by atoms with E-state index >= 15 is 0 Å². The third kappa shape index (κ3) is 6.80. The summed E-state index contributed by atoms with van der Waals surface area (Å²) >= 11 is 0. The second-order valence-corrected chi connectivity index (χ2v) is 5.08. The van der Waals surface area contributed by atoms with E-state index in [0.717, 1.165) is 25.8 Å². The van der Waals surface area contributed by atoms with Crippen LogP contribution in [0.4, 0.5) is 0 Å². The van der Waals surface area contributed by atoms with Crippen molar-refractivity contribution >= 4 is 5.91 Å². The van der Waals surface area contributed by atoms with Gasteiger partial charge in [-0.3, -0.25) is 4.79 Å². The van der Waals surface area contributed by atoms with Gasteiger partial charge in [0, 0.05) is 18.5 Å². The van der Waals surface area contributed by atoms with E-state index < -0.39 is 0 Å². The monoisotopic (exact) mass is 229 g/mol. The van der Waals surface area contributed by atoms with Crippen molar-refractivity contribution in [3.8, 4) is 0 Å². The molecule has 0 spiro atoms. The molecular formula is C12H27N3O. The molecule has 0 fully saturated rings. The van der Waals surface area contributed by atoms with Crippen LogP contribution in [0.15, 0.2) is 0 Å². The van der Waals surface area contributed by atoms with Gasteiger partial charge in [0.25, 0.3) is 0 Å². The quantitative estimate of drug-likeness (QED) is 0.610. The van der Waals surface area contributed by atoms with E-state index in [1.807, 2.05) is 14.1 Å². The lowest BCUT2D eigenvalue weighted by atomic mass is 10.0. The molecule has 0 aliphatic heterocycles. The zero-order chi connectivity index (χ0) is 12.6. The molecule has 0 saturated heterocycles. The molecule has 0 aliphatic rings. The van der Waals surface area contributed by atoms with Crippen LogP contribution in [0.5, 0.6) is 0 Å². The summed E-state index contributed by atoms with van der Waals surface area (Å²) in [6.07, 6.45) is 3.60. The maximum absolute atomic E-state index is 11.5. The molecule has 0 unspecified atom stereocenters. The number of unbranched alkanes of at least 4 members (excludes halogenated alkanes) is 2. The molecule has 3 N–H and O–H groups in total. The standard InChI is InChI=1S/C12H27N3O/c1-12(2,15(3)4)10-14-11(16)8-6-5-7-9-13/h5-10,13H2,1-4H3,(H,14,16). The van der Waals surface area contributed by atoms with Crippen LogP contribution in [-0.2, 0) is 4.79 Å². The van der Waals surface area contributed by atoms with Crippen molar-refractivity contribution in [1.29, 1.82) is 0 Å². The lowest BCUT2D eigenvalue weighted by Crippen LogP contribution is -2.48. The fourth-order valence-electron chi connectivity index (χ4n) is 1.17. The van der Waals surface area contributed by atoms with Crippen molar-refractivity contribution in [3.63, 3.8) is 0 Å². The summed E-state index contributed by atoms with van der Waals surface area (Å²) < 4.78 is 0. The van der Waals surface area contributed by atoms with E-state index in [2.05, 4.69) is 24.1 Å². The first-order valence-electron chi connectivity index (χ1n) is 6.04. The highest BCUT2D eigenvalue weighted by molar-refractivity contribution is 5.75. The van der Waals surface area contributed by atoms with Crippen LogP contribution in [0.3, 0.4) is 0 Å². The second-order valence-electron chi connectivity index (χ2n) is 5.08. The van der Waals surface area contributed by atoms with Crippen LogP contribution >= 0.6 is 0 Å². The Labute approximate surface area is 99.6 Å². The number of carbonyl (C=O) groups is 1. The molecule has 4 heteroatoms. The summed E-state index contributed by atoms with van der Waals surface area (Å²) in [6.45, 7) is 5.63. The Kier molecular flexibility index (Phi) is 7.34. The van der Waals surface area contributed by atoms with E-state index in [-0.39, 0.29) is 11.4 Å². The highest BCUT2D eigenvalue weighted by atomic mass is 16.1. The fraction of sp³-hybridized carbons (Fsp3) is 0.917. The van der Waals surface area contributed by atoms with Gasteiger partial charge in [-0.15, -0.1) is 0 Å².